The summed E-state index contributed by atoms with van der Waals surface area (Å²) in [5.74, 6) is 0. The van der Waals surface area contributed by atoms with E-state index in [1.165, 1.54) is 5.56 Å². The zero-order chi connectivity index (χ0) is 18.1. The van der Waals surface area contributed by atoms with Gasteiger partial charge in [-0.05, 0) is 36.1 Å². The summed E-state index contributed by atoms with van der Waals surface area (Å²) in [6.07, 6.45) is 1.10. The Morgan fingerprint density at radius 3 is 2.36 bits per heavy atom. The number of aliphatic hydroxyl groups is 1. The summed E-state index contributed by atoms with van der Waals surface area (Å²) < 4.78 is 0. The molecule has 2 amide bonds. The monoisotopic (exact) mass is 341 g/mol. The highest BCUT2D eigenvalue weighted by atomic mass is 16.3. The van der Waals surface area contributed by atoms with Crippen LogP contribution < -0.4 is 15.5 Å². The fourth-order valence-corrected chi connectivity index (χ4v) is 2.50. The lowest BCUT2D eigenvalue weighted by Gasteiger charge is -2.16. The molecule has 2 aromatic carbocycles. The average molecular weight is 341 g/mol. The summed E-state index contributed by atoms with van der Waals surface area (Å²) in [6.45, 7) is 0.792. The van der Waals surface area contributed by atoms with E-state index < -0.39 is 6.10 Å². The second-order valence-electron chi connectivity index (χ2n) is 6.23. The minimum Gasteiger partial charge on any atom is -0.387 e. The van der Waals surface area contributed by atoms with Gasteiger partial charge in [0.05, 0.1) is 6.10 Å². The van der Waals surface area contributed by atoms with E-state index in [0.717, 1.165) is 24.1 Å². The van der Waals surface area contributed by atoms with Gasteiger partial charge in [0, 0.05) is 32.9 Å². The van der Waals surface area contributed by atoms with Crippen LogP contribution in [0.25, 0.3) is 0 Å². The number of carbonyl (C=O) groups is 1. The fraction of sp³-hybridized carbons (Fsp3) is 0.350. The Morgan fingerprint density at radius 2 is 1.72 bits per heavy atom. The highest BCUT2D eigenvalue weighted by Crippen LogP contribution is 2.17. The minimum absolute atomic E-state index is 0.186. The highest BCUT2D eigenvalue weighted by molar-refractivity contribution is 5.73. The maximum absolute atomic E-state index is 11.8. The van der Waals surface area contributed by atoms with Crippen molar-refractivity contribution in [2.45, 2.75) is 18.9 Å². The topological polar surface area (TPSA) is 64.6 Å². The van der Waals surface area contributed by atoms with Crippen molar-refractivity contribution in [2.24, 2.45) is 0 Å². The molecule has 0 aliphatic carbocycles. The van der Waals surface area contributed by atoms with Crippen LogP contribution in [0.5, 0.6) is 0 Å². The van der Waals surface area contributed by atoms with Gasteiger partial charge in [-0.2, -0.15) is 0 Å². The Kier molecular flexibility index (Phi) is 7.29. The third-order valence-corrected chi connectivity index (χ3v) is 4.02. The molecule has 0 radical (unpaired) electrons. The van der Waals surface area contributed by atoms with Gasteiger partial charge in [-0.15, -0.1) is 0 Å². The first-order chi connectivity index (χ1) is 12.1. The number of benzene rings is 2. The van der Waals surface area contributed by atoms with Crippen molar-refractivity contribution in [3.8, 4) is 0 Å². The molecule has 0 aliphatic heterocycles. The van der Waals surface area contributed by atoms with Crippen LogP contribution in [0.3, 0.4) is 0 Å². The van der Waals surface area contributed by atoms with E-state index in [0.29, 0.717) is 6.54 Å². The number of hydrogen-bond acceptors (Lipinski definition) is 3. The van der Waals surface area contributed by atoms with Crippen molar-refractivity contribution in [1.82, 2.24) is 10.6 Å². The number of nitrogens with one attached hydrogen (secondary N) is 2. The Morgan fingerprint density at radius 1 is 1.04 bits per heavy atom. The van der Waals surface area contributed by atoms with Crippen molar-refractivity contribution < 1.29 is 9.90 Å². The van der Waals surface area contributed by atoms with Gasteiger partial charge in [0.25, 0.3) is 0 Å². The lowest BCUT2D eigenvalue weighted by molar-refractivity contribution is 0.173. The molecular weight excluding hydrogens is 314 g/mol. The van der Waals surface area contributed by atoms with E-state index in [1.807, 2.05) is 61.5 Å². The number of aryl methyl sites for hydroxylation is 1. The molecule has 0 aliphatic rings. The number of urea groups is 1. The van der Waals surface area contributed by atoms with E-state index in [9.17, 15) is 9.90 Å². The van der Waals surface area contributed by atoms with Crippen LogP contribution >= 0.6 is 0 Å². The van der Waals surface area contributed by atoms with Crippen LogP contribution in [0, 0.1) is 0 Å². The number of carbonyl (C=O) groups excluding carboxylic acids is 1. The van der Waals surface area contributed by atoms with Crippen LogP contribution in [0.15, 0.2) is 54.6 Å². The molecule has 3 N–H and O–H groups in total. The van der Waals surface area contributed by atoms with Crippen LogP contribution in [0.4, 0.5) is 10.5 Å². The number of rotatable bonds is 8. The first kappa shape index (κ1) is 18.8. The predicted molar refractivity (Wildman–Crippen MR) is 102 cm³/mol. The molecular formula is C20H27N3O2. The zero-order valence-electron chi connectivity index (χ0n) is 14.9. The number of hydrogen-bond donors (Lipinski definition) is 3. The maximum atomic E-state index is 11.8. The van der Waals surface area contributed by atoms with Crippen LogP contribution in [-0.2, 0) is 6.42 Å². The van der Waals surface area contributed by atoms with Gasteiger partial charge in [0.2, 0.25) is 0 Å². The Hall–Kier alpha value is -2.53. The van der Waals surface area contributed by atoms with Crippen molar-refractivity contribution in [2.75, 3.05) is 32.1 Å². The molecule has 2 rings (SSSR count). The number of aliphatic hydroxyl groups excluding tert-OH is 1. The normalized spacial score (nSPS) is 11.6. The molecule has 0 unspecified atom stereocenters. The molecule has 0 spiro atoms. The molecule has 0 saturated carbocycles. The Labute approximate surface area is 149 Å². The molecule has 134 valence electrons. The van der Waals surface area contributed by atoms with Gasteiger partial charge in [0.1, 0.15) is 0 Å². The molecule has 2 aromatic rings. The second kappa shape index (κ2) is 9.69. The first-order valence-electron chi connectivity index (χ1n) is 8.57. The molecule has 5 nitrogen and oxygen atoms in total. The van der Waals surface area contributed by atoms with E-state index in [-0.39, 0.29) is 12.6 Å². The van der Waals surface area contributed by atoms with E-state index >= 15 is 0 Å². The summed E-state index contributed by atoms with van der Waals surface area (Å²) in [7, 11) is 3.93. The molecule has 1 atom stereocenters. The van der Waals surface area contributed by atoms with Crippen LogP contribution in [0.1, 0.15) is 23.7 Å². The number of anilines is 1. The standard InChI is InChI=1S/C20H27N3O2/c1-23(2)18-12-10-17(11-13-18)19(24)15-22-20(25)21-14-6-9-16-7-4-3-5-8-16/h3-5,7-8,10-13,19,24H,6,9,14-15H2,1-2H3,(H2,21,22,25)/t19-/m1/s1. The summed E-state index contributed by atoms with van der Waals surface area (Å²) in [6, 6.07) is 17.6. The van der Waals surface area contributed by atoms with E-state index in [4.69, 9.17) is 0 Å². The third-order valence-electron chi connectivity index (χ3n) is 4.02. The summed E-state index contributed by atoms with van der Waals surface area (Å²) in [5, 5.41) is 15.7. The molecule has 0 fully saturated rings. The SMILES string of the molecule is CN(C)c1ccc([C@H](O)CNC(=O)NCCCc2ccccc2)cc1. The average Bonchev–Trinajstić information content (AvgIpc) is 2.64. The lowest BCUT2D eigenvalue weighted by Crippen LogP contribution is -2.38. The van der Waals surface area contributed by atoms with Crippen LogP contribution in [0.2, 0.25) is 0 Å². The second-order valence-corrected chi connectivity index (χ2v) is 6.23. The van der Waals surface area contributed by atoms with E-state index in [1.54, 1.807) is 0 Å². The fourth-order valence-electron chi connectivity index (χ4n) is 2.50. The van der Waals surface area contributed by atoms with E-state index in [2.05, 4.69) is 22.8 Å². The molecule has 0 aromatic heterocycles. The number of nitrogens with zero attached hydrogens (tertiary/aromatic N) is 1. The summed E-state index contributed by atoms with van der Waals surface area (Å²) in [5.41, 5.74) is 3.12. The Balaban J connectivity index is 1.65. The lowest BCUT2D eigenvalue weighted by atomic mass is 10.1. The van der Waals surface area contributed by atoms with Crippen LogP contribution in [-0.4, -0.2) is 38.3 Å². The summed E-state index contributed by atoms with van der Waals surface area (Å²) >= 11 is 0. The molecule has 25 heavy (non-hydrogen) atoms. The molecule has 0 heterocycles. The van der Waals surface area contributed by atoms with Crippen molar-refractivity contribution in [1.29, 1.82) is 0 Å². The van der Waals surface area contributed by atoms with Gasteiger partial charge in [-0.25, -0.2) is 4.79 Å². The number of amides is 2. The van der Waals surface area contributed by atoms with Gasteiger partial charge in [0.15, 0.2) is 0 Å². The summed E-state index contributed by atoms with van der Waals surface area (Å²) in [4.78, 5) is 13.8. The van der Waals surface area contributed by atoms with Crippen molar-refractivity contribution in [3.05, 3.63) is 65.7 Å². The van der Waals surface area contributed by atoms with Gasteiger partial charge < -0.3 is 20.6 Å². The van der Waals surface area contributed by atoms with Crippen molar-refractivity contribution in [3.63, 3.8) is 0 Å². The maximum Gasteiger partial charge on any atom is 0.314 e. The largest absolute Gasteiger partial charge is 0.387 e. The smallest absolute Gasteiger partial charge is 0.314 e. The molecule has 0 saturated heterocycles. The third kappa shape index (κ3) is 6.47. The van der Waals surface area contributed by atoms with Gasteiger partial charge in [-0.1, -0.05) is 42.5 Å². The zero-order valence-corrected chi connectivity index (χ0v) is 14.9. The predicted octanol–water partition coefficient (Wildman–Crippen LogP) is 2.72. The van der Waals surface area contributed by atoms with Gasteiger partial charge in [-0.3, -0.25) is 0 Å². The first-order valence-corrected chi connectivity index (χ1v) is 8.57. The highest BCUT2D eigenvalue weighted by Gasteiger charge is 2.09. The Bertz CT molecular complexity index is 642. The van der Waals surface area contributed by atoms with Gasteiger partial charge >= 0.3 is 6.03 Å². The molecule has 5 heteroatoms. The van der Waals surface area contributed by atoms with Crippen molar-refractivity contribution >= 4 is 11.7 Å². The minimum atomic E-state index is -0.716. The molecule has 0 bridgehead atoms. The quantitative estimate of drug-likeness (QED) is 0.647.